The van der Waals surface area contributed by atoms with Crippen molar-refractivity contribution in [3.05, 3.63) is 90.0 Å². The number of aromatic amines is 1. The number of H-pyrrole nitrogens is 1. The number of ketones is 1. The monoisotopic (exact) mass is 327 g/mol. The fourth-order valence-electron chi connectivity index (χ4n) is 2.84. The van der Waals surface area contributed by atoms with E-state index in [0.717, 1.165) is 16.7 Å². The van der Waals surface area contributed by atoms with Crippen molar-refractivity contribution < 1.29 is 4.79 Å². The van der Waals surface area contributed by atoms with Gasteiger partial charge < -0.3 is 9.55 Å². The van der Waals surface area contributed by atoms with E-state index in [1.165, 1.54) is 0 Å². The molecule has 122 valence electrons. The predicted octanol–water partition coefficient (Wildman–Crippen LogP) is 4.32. The molecule has 0 radical (unpaired) electrons. The molecule has 0 amide bonds. The van der Waals surface area contributed by atoms with E-state index in [4.69, 9.17) is 0 Å². The summed E-state index contributed by atoms with van der Waals surface area (Å²) in [6.45, 7) is 0. The molecule has 0 aliphatic carbocycles. The average Bonchev–Trinajstić information content (AvgIpc) is 3.25. The molecule has 0 aliphatic rings. The van der Waals surface area contributed by atoms with Gasteiger partial charge in [0.15, 0.2) is 5.78 Å². The highest BCUT2D eigenvalue weighted by Crippen LogP contribution is 2.23. The summed E-state index contributed by atoms with van der Waals surface area (Å²) in [6.07, 6.45) is 3.84. The number of fused-ring (bicyclic) bond motifs is 1. The molecule has 0 bridgehead atoms. The summed E-state index contributed by atoms with van der Waals surface area (Å²) in [4.78, 5) is 21.0. The van der Waals surface area contributed by atoms with Gasteiger partial charge in [-0.15, -0.1) is 0 Å². The van der Waals surface area contributed by atoms with Crippen LogP contribution in [-0.2, 0) is 7.05 Å². The van der Waals surface area contributed by atoms with Crippen molar-refractivity contribution in [1.82, 2.24) is 14.5 Å². The van der Waals surface area contributed by atoms with Crippen LogP contribution in [0.3, 0.4) is 0 Å². The minimum absolute atomic E-state index is 0.0548. The third-order valence-corrected chi connectivity index (χ3v) is 4.20. The van der Waals surface area contributed by atoms with Gasteiger partial charge in [0.05, 0.1) is 16.6 Å². The van der Waals surface area contributed by atoms with Crippen molar-refractivity contribution in [1.29, 1.82) is 0 Å². The molecule has 0 atom stereocenters. The molecule has 0 saturated carbocycles. The van der Waals surface area contributed by atoms with Gasteiger partial charge in [0, 0.05) is 24.5 Å². The van der Waals surface area contributed by atoms with Gasteiger partial charge in [-0.2, -0.15) is 0 Å². The molecule has 0 aliphatic heterocycles. The van der Waals surface area contributed by atoms with Gasteiger partial charge in [0.1, 0.15) is 5.82 Å². The minimum Gasteiger partial charge on any atom is -0.351 e. The van der Waals surface area contributed by atoms with Crippen LogP contribution in [0.15, 0.2) is 72.9 Å². The number of imidazole rings is 1. The summed E-state index contributed by atoms with van der Waals surface area (Å²) >= 11 is 0. The Morgan fingerprint density at radius 3 is 2.48 bits per heavy atom. The van der Waals surface area contributed by atoms with Gasteiger partial charge in [-0.05, 0) is 30.3 Å². The number of nitrogens with zero attached hydrogens (tertiary/aromatic N) is 2. The van der Waals surface area contributed by atoms with Gasteiger partial charge in [-0.3, -0.25) is 4.79 Å². The lowest BCUT2D eigenvalue weighted by molar-refractivity contribution is 0.105. The third kappa shape index (κ3) is 2.90. The Labute approximate surface area is 145 Å². The maximum Gasteiger partial charge on any atom is 0.196 e. The molecular formula is C21H17N3O. The Bertz CT molecular complexity index is 1040. The zero-order chi connectivity index (χ0) is 17.2. The Morgan fingerprint density at radius 1 is 1.00 bits per heavy atom. The molecule has 0 unspecified atom stereocenters. The molecule has 2 aromatic carbocycles. The molecule has 2 aromatic heterocycles. The van der Waals surface area contributed by atoms with Crippen molar-refractivity contribution >= 4 is 28.5 Å². The van der Waals surface area contributed by atoms with Crippen molar-refractivity contribution in [2.45, 2.75) is 0 Å². The molecule has 0 spiro atoms. The molecular weight excluding hydrogens is 310 g/mol. The SMILES string of the molecule is Cn1cccc1C=C(C(=O)c1ccccc1)c1nc2ccccc2[nH]1. The Hall–Kier alpha value is -3.40. The van der Waals surface area contributed by atoms with E-state index < -0.39 is 0 Å². The fourth-order valence-corrected chi connectivity index (χ4v) is 2.84. The van der Waals surface area contributed by atoms with Crippen LogP contribution >= 0.6 is 0 Å². The minimum atomic E-state index is -0.0548. The van der Waals surface area contributed by atoms with Crippen molar-refractivity contribution in [3.8, 4) is 0 Å². The normalized spacial score (nSPS) is 11.8. The molecule has 2 heterocycles. The number of para-hydroxylation sites is 2. The number of benzene rings is 2. The van der Waals surface area contributed by atoms with Gasteiger partial charge >= 0.3 is 0 Å². The molecule has 1 N–H and O–H groups in total. The van der Waals surface area contributed by atoms with Crippen LogP contribution in [0.2, 0.25) is 0 Å². The number of aromatic nitrogens is 3. The van der Waals surface area contributed by atoms with Crippen LogP contribution in [0, 0.1) is 0 Å². The summed E-state index contributed by atoms with van der Waals surface area (Å²) in [6, 6.07) is 21.0. The highest BCUT2D eigenvalue weighted by molar-refractivity contribution is 6.31. The van der Waals surface area contributed by atoms with E-state index in [9.17, 15) is 4.79 Å². The molecule has 25 heavy (non-hydrogen) atoms. The third-order valence-electron chi connectivity index (χ3n) is 4.20. The van der Waals surface area contributed by atoms with Crippen LogP contribution in [0.25, 0.3) is 22.7 Å². The average molecular weight is 327 g/mol. The highest BCUT2D eigenvalue weighted by atomic mass is 16.1. The van der Waals surface area contributed by atoms with Crippen LogP contribution in [0.5, 0.6) is 0 Å². The van der Waals surface area contributed by atoms with Gasteiger partial charge in [0.25, 0.3) is 0 Å². The van der Waals surface area contributed by atoms with E-state index in [1.54, 1.807) is 0 Å². The van der Waals surface area contributed by atoms with Gasteiger partial charge in [-0.1, -0.05) is 42.5 Å². The number of aryl methyl sites for hydroxylation is 1. The highest BCUT2D eigenvalue weighted by Gasteiger charge is 2.18. The number of carbonyl (C=O) groups excluding carboxylic acids is 1. The quantitative estimate of drug-likeness (QED) is 0.448. The first-order valence-corrected chi connectivity index (χ1v) is 8.10. The zero-order valence-electron chi connectivity index (χ0n) is 13.8. The van der Waals surface area contributed by atoms with Crippen LogP contribution in [0.4, 0.5) is 0 Å². The van der Waals surface area contributed by atoms with E-state index in [2.05, 4.69) is 9.97 Å². The number of hydrogen-bond acceptors (Lipinski definition) is 2. The topological polar surface area (TPSA) is 50.7 Å². The lowest BCUT2D eigenvalue weighted by Crippen LogP contribution is -2.05. The number of Topliss-reactive ketones (excluding diaryl/α,β-unsaturated/α-hetero) is 1. The Kier molecular flexibility index (Phi) is 3.78. The van der Waals surface area contributed by atoms with Crippen LogP contribution < -0.4 is 0 Å². The summed E-state index contributed by atoms with van der Waals surface area (Å²) in [5.74, 6) is 0.525. The van der Waals surface area contributed by atoms with E-state index in [1.807, 2.05) is 90.6 Å². The van der Waals surface area contributed by atoms with Gasteiger partial charge in [0.2, 0.25) is 0 Å². The smallest absolute Gasteiger partial charge is 0.196 e. The maximum absolute atomic E-state index is 13.1. The first kappa shape index (κ1) is 15.1. The molecule has 4 nitrogen and oxygen atoms in total. The summed E-state index contributed by atoms with van der Waals surface area (Å²) in [5, 5.41) is 0. The second-order valence-electron chi connectivity index (χ2n) is 5.90. The second-order valence-corrected chi connectivity index (χ2v) is 5.90. The molecule has 0 saturated heterocycles. The second kappa shape index (κ2) is 6.24. The first-order valence-electron chi connectivity index (χ1n) is 8.10. The van der Waals surface area contributed by atoms with Gasteiger partial charge in [-0.25, -0.2) is 4.98 Å². The van der Waals surface area contributed by atoms with E-state index in [0.29, 0.717) is 17.0 Å². The van der Waals surface area contributed by atoms with Crippen LogP contribution in [-0.4, -0.2) is 20.3 Å². The Morgan fingerprint density at radius 2 is 1.76 bits per heavy atom. The number of hydrogen-bond donors (Lipinski definition) is 1. The number of rotatable bonds is 4. The largest absolute Gasteiger partial charge is 0.351 e. The van der Waals surface area contributed by atoms with E-state index >= 15 is 0 Å². The zero-order valence-corrected chi connectivity index (χ0v) is 13.8. The summed E-state index contributed by atoms with van der Waals surface area (Å²) < 4.78 is 1.97. The van der Waals surface area contributed by atoms with Crippen molar-refractivity contribution in [2.24, 2.45) is 7.05 Å². The number of allylic oxidation sites excluding steroid dienone is 1. The first-order chi connectivity index (χ1) is 12.2. The fraction of sp³-hybridized carbons (Fsp3) is 0.0476. The molecule has 4 rings (SSSR count). The standard InChI is InChI=1S/C21H17N3O/c1-24-13-7-10-16(24)14-17(20(25)15-8-3-2-4-9-15)21-22-18-11-5-6-12-19(18)23-21/h2-14H,1H3,(H,22,23). The number of carbonyl (C=O) groups is 1. The summed E-state index contributed by atoms with van der Waals surface area (Å²) in [5.41, 5.74) is 3.89. The molecule has 0 fully saturated rings. The Balaban J connectivity index is 1.88. The summed E-state index contributed by atoms with van der Waals surface area (Å²) in [7, 11) is 1.95. The van der Waals surface area contributed by atoms with Crippen molar-refractivity contribution in [3.63, 3.8) is 0 Å². The number of nitrogens with one attached hydrogen (secondary N) is 1. The predicted molar refractivity (Wildman–Crippen MR) is 100 cm³/mol. The maximum atomic E-state index is 13.1. The molecule has 4 heteroatoms. The lowest BCUT2D eigenvalue weighted by Gasteiger charge is -2.05. The van der Waals surface area contributed by atoms with E-state index in [-0.39, 0.29) is 5.78 Å². The lowest BCUT2D eigenvalue weighted by atomic mass is 10.0. The molecule has 4 aromatic rings. The van der Waals surface area contributed by atoms with Crippen LogP contribution in [0.1, 0.15) is 21.9 Å². The van der Waals surface area contributed by atoms with Crippen molar-refractivity contribution in [2.75, 3.05) is 0 Å².